The van der Waals surface area contributed by atoms with Crippen LogP contribution in [0.25, 0.3) is 0 Å². The molecule has 1 N–H and O–H groups in total. The van der Waals surface area contributed by atoms with Gasteiger partial charge in [-0.2, -0.15) is 0 Å². The number of hydrogen-bond donors (Lipinski definition) is 1. The van der Waals surface area contributed by atoms with Gasteiger partial charge in [0.1, 0.15) is 11.6 Å². The van der Waals surface area contributed by atoms with Crippen molar-refractivity contribution in [1.29, 1.82) is 0 Å². The average molecular weight is 294 g/mol. The molecule has 0 saturated carbocycles. The van der Waals surface area contributed by atoms with E-state index in [-0.39, 0.29) is 11.9 Å². The summed E-state index contributed by atoms with van der Waals surface area (Å²) >= 11 is 5.77. The first-order valence-electron chi connectivity index (χ1n) is 6.56. The van der Waals surface area contributed by atoms with Crippen molar-refractivity contribution in [3.63, 3.8) is 0 Å². The highest BCUT2D eigenvalue weighted by atomic mass is 35.5. The minimum atomic E-state index is -0.299. The first-order valence-corrected chi connectivity index (χ1v) is 6.93. The lowest BCUT2D eigenvalue weighted by molar-refractivity contribution is 0.505. The molecule has 3 nitrogen and oxygen atoms in total. The molecule has 0 bridgehead atoms. The highest BCUT2D eigenvalue weighted by molar-refractivity contribution is 6.30. The number of rotatable bonds is 5. The fourth-order valence-electron chi connectivity index (χ4n) is 1.99. The Hall–Kier alpha value is -1.52. The van der Waals surface area contributed by atoms with E-state index >= 15 is 0 Å². The summed E-state index contributed by atoms with van der Waals surface area (Å²) in [6, 6.07) is 4.61. The molecule has 0 fully saturated rings. The molecule has 0 aliphatic heterocycles. The fraction of sp³-hybridized carbons (Fsp3) is 0.333. The molecular formula is C15H17ClFN3. The van der Waals surface area contributed by atoms with Gasteiger partial charge in [0.2, 0.25) is 0 Å². The molecule has 0 amide bonds. The van der Waals surface area contributed by atoms with Crippen LogP contribution in [0, 0.1) is 12.7 Å². The number of likely N-dealkylation sites (N-methyl/N-ethyl adjacent to an activating group) is 1. The lowest BCUT2D eigenvalue weighted by Crippen LogP contribution is -2.25. The van der Waals surface area contributed by atoms with E-state index in [4.69, 9.17) is 11.6 Å². The van der Waals surface area contributed by atoms with Crippen LogP contribution in [0.2, 0.25) is 5.02 Å². The van der Waals surface area contributed by atoms with Crippen LogP contribution in [-0.2, 0) is 6.42 Å². The van der Waals surface area contributed by atoms with Gasteiger partial charge in [0.05, 0.1) is 6.04 Å². The van der Waals surface area contributed by atoms with Gasteiger partial charge in [-0.25, -0.2) is 14.4 Å². The average Bonchev–Trinajstić information content (AvgIpc) is 2.42. The molecule has 1 aromatic heterocycles. The van der Waals surface area contributed by atoms with Crippen molar-refractivity contribution in [2.24, 2.45) is 0 Å². The maximum absolute atomic E-state index is 13.9. The van der Waals surface area contributed by atoms with Crippen LogP contribution in [0.15, 0.2) is 30.6 Å². The van der Waals surface area contributed by atoms with Crippen molar-refractivity contribution in [2.75, 3.05) is 6.54 Å². The Morgan fingerprint density at radius 1 is 1.30 bits per heavy atom. The molecule has 0 aliphatic rings. The Morgan fingerprint density at radius 2 is 2.00 bits per heavy atom. The smallest absolute Gasteiger partial charge is 0.145 e. The second-order valence-electron chi connectivity index (χ2n) is 4.67. The number of halogens is 2. The molecule has 5 heteroatoms. The molecule has 1 heterocycles. The first kappa shape index (κ1) is 14.9. The molecule has 2 aromatic rings. The summed E-state index contributed by atoms with van der Waals surface area (Å²) < 4.78 is 13.9. The molecule has 2 rings (SSSR count). The van der Waals surface area contributed by atoms with Crippen LogP contribution in [0.5, 0.6) is 0 Å². The quantitative estimate of drug-likeness (QED) is 0.917. The van der Waals surface area contributed by atoms with Gasteiger partial charge in [-0.1, -0.05) is 24.6 Å². The number of aromatic nitrogens is 2. The minimum absolute atomic E-state index is 0.115. The number of hydrogen-bond acceptors (Lipinski definition) is 3. The zero-order chi connectivity index (χ0) is 14.5. The van der Waals surface area contributed by atoms with Crippen LogP contribution in [0.4, 0.5) is 4.39 Å². The van der Waals surface area contributed by atoms with Crippen LogP contribution in [0.1, 0.15) is 29.9 Å². The summed E-state index contributed by atoms with van der Waals surface area (Å²) in [5.41, 5.74) is 1.60. The molecule has 1 atom stereocenters. The first-order chi connectivity index (χ1) is 9.60. The summed E-state index contributed by atoms with van der Waals surface area (Å²) in [7, 11) is 0. The van der Waals surface area contributed by atoms with E-state index in [1.807, 2.05) is 13.8 Å². The Bertz CT molecular complexity index is 572. The molecule has 0 spiro atoms. The van der Waals surface area contributed by atoms with Gasteiger partial charge in [0, 0.05) is 17.4 Å². The molecule has 1 unspecified atom stereocenters. The fourth-order valence-corrected chi connectivity index (χ4v) is 2.15. The van der Waals surface area contributed by atoms with Gasteiger partial charge < -0.3 is 5.32 Å². The van der Waals surface area contributed by atoms with Crippen molar-refractivity contribution in [3.05, 3.63) is 58.4 Å². The summed E-state index contributed by atoms with van der Waals surface area (Å²) in [5, 5.41) is 3.68. The SMILES string of the molecule is CCNC(Cc1ccc(Cl)cc1F)c1ncc(C)cn1. The molecule has 1 aromatic carbocycles. The molecule has 106 valence electrons. The van der Waals surface area contributed by atoms with E-state index in [2.05, 4.69) is 15.3 Å². The molecule has 20 heavy (non-hydrogen) atoms. The zero-order valence-corrected chi connectivity index (χ0v) is 12.3. The number of nitrogens with zero attached hydrogens (tertiary/aromatic N) is 2. The van der Waals surface area contributed by atoms with Crippen molar-refractivity contribution in [2.45, 2.75) is 26.3 Å². The summed E-state index contributed by atoms with van der Waals surface area (Å²) in [6.07, 6.45) is 4.02. The Morgan fingerprint density at radius 3 is 2.60 bits per heavy atom. The number of benzene rings is 1. The largest absolute Gasteiger partial charge is 0.307 e. The van der Waals surface area contributed by atoms with Gasteiger partial charge >= 0.3 is 0 Å². The van der Waals surface area contributed by atoms with Gasteiger partial charge in [-0.15, -0.1) is 0 Å². The summed E-state index contributed by atoms with van der Waals surface area (Å²) in [5.74, 6) is 0.374. The predicted molar refractivity (Wildman–Crippen MR) is 78.3 cm³/mol. The van der Waals surface area contributed by atoms with Crippen molar-refractivity contribution in [3.8, 4) is 0 Å². The third kappa shape index (κ3) is 3.74. The third-order valence-corrected chi connectivity index (χ3v) is 3.24. The second-order valence-corrected chi connectivity index (χ2v) is 5.11. The highest BCUT2D eigenvalue weighted by Gasteiger charge is 2.16. The van der Waals surface area contributed by atoms with E-state index in [1.165, 1.54) is 6.07 Å². The number of nitrogens with one attached hydrogen (secondary N) is 1. The Kier molecular flexibility index (Phi) is 5.04. The van der Waals surface area contributed by atoms with E-state index in [1.54, 1.807) is 24.5 Å². The van der Waals surface area contributed by atoms with Crippen LogP contribution in [-0.4, -0.2) is 16.5 Å². The predicted octanol–water partition coefficient (Wildman–Crippen LogP) is 3.47. The van der Waals surface area contributed by atoms with E-state index < -0.39 is 0 Å². The van der Waals surface area contributed by atoms with Crippen LogP contribution in [0.3, 0.4) is 0 Å². The third-order valence-electron chi connectivity index (χ3n) is 3.00. The normalized spacial score (nSPS) is 12.4. The van der Waals surface area contributed by atoms with Gasteiger partial charge in [0.25, 0.3) is 0 Å². The minimum Gasteiger partial charge on any atom is -0.307 e. The standard InChI is InChI=1S/C15H17ClFN3/c1-3-18-14(15-19-8-10(2)9-20-15)6-11-4-5-12(16)7-13(11)17/h4-5,7-9,14,18H,3,6H2,1-2H3. The zero-order valence-electron chi connectivity index (χ0n) is 11.5. The van der Waals surface area contributed by atoms with Crippen molar-refractivity contribution >= 4 is 11.6 Å². The van der Waals surface area contributed by atoms with Crippen LogP contribution < -0.4 is 5.32 Å². The molecular weight excluding hydrogens is 277 g/mol. The van der Waals surface area contributed by atoms with E-state index in [0.717, 1.165) is 12.1 Å². The molecule has 0 aliphatic carbocycles. The number of aryl methyl sites for hydroxylation is 1. The van der Waals surface area contributed by atoms with Crippen molar-refractivity contribution < 1.29 is 4.39 Å². The maximum atomic E-state index is 13.9. The summed E-state index contributed by atoms with van der Waals surface area (Å²) in [6.45, 7) is 4.70. The Labute approximate surface area is 123 Å². The monoisotopic (exact) mass is 293 g/mol. The van der Waals surface area contributed by atoms with E-state index in [0.29, 0.717) is 22.8 Å². The van der Waals surface area contributed by atoms with Gasteiger partial charge in [-0.3, -0.25) is 0 Å². The Balaban J connectivity index is 2.22. The lowest BCUT2D eigenvalue weighted by Gasteiger charge is -2.17. The van der Waals surface area contributed by atoms with E-state index in [9.17, 15) is 4.39 Å². The van der Waals surface area contributed by atoms with Crippen LogP contribution >= 0.6 is 11.6 Å². The highest BCUT2D eigenvalue weighted by Crippen LogP contribution is 2.20. The van der Waals surface area contributed by atoms with Crippen molar-refractivity contribution in [1.82, 2.24) is 15.3 Å². The maximum Gasteiger partial charge on any atom is 0.145 e. The summed E-state index contributed by atoms with van der Waals surface area (Å²) in [4.78, 5) is 8.64. The van der Waals surface area contributed by atoms with Gasteiger partial charge in [0.15, 0.2) is 0 Å². The second kappa shape index (κ2) is 6.77. The molecule has 0 saturated heterocycles. The lowest BCUT2D eigenvalue weighted by atomic mass is 10.0. The molecule has 0 radical (unpaired) electrons. The topological polar surface area (TPSA) is 37.8 Å². The van der Waals surface area contributed by atoms with Gasteiger partial charge in [-0.05, 0) is 43.1 Å².